The third kappa shape index (κ3) is 3.69. The number of carbonyl (C=O) groups excluding carboxylic acids is 1. The Kier molecular flexibility index (Phi) is 3.95. The van der Waals surface area contributed by atoms with E-state index in [1.54, 1.807) is 6.07 Å². The van der Waals surface area contributed by atoms with E-state index in [0.717, 1.165) is 11.3 Å². The average Bonchev–Trinajstić information content (AvgIpc) is 2.61. The van der Waals surface area contributed by atoms with Gasteiger partial charge in [-0.15, -0.1) is 11.3 Å². The van der Waals surface area contributed by atoms with Gasteiger partial charge in [0.1, 0.15) is 4.21 Å². The van der Waals surface area contributed by atoms with Gasteiger partial charge in [-0.3, -0.25) is 0 Å². The summed E-state index contributed by atoms with van der Waals surface area (Å²) in [6.07, 6.45) is -0.571. The average molecular weight is 270 g/mol. The molecule has 0 aromatic carbocycles. The Balaban J connectivity index is 2.66. The maximum Gasteiger partial charge on any atom is 0.407 e. The van der Waals surface area contributed by atoms with E-state index in [0.29, 0.717) is 4.88 Å². The molecule has 1 aromatic rings. The van der Waals surface area contributed by atoms with Gasteiger partial charge in [0.05, 0.1) is 13.7 Å². The first kappa shape index (κ1) is 12.3. The summed E-state index contributed by atoms with van der Waals surface area (Å²) in [7, 11) is 2.70. The minimum Gasteiger partial charge on any atom is -0.453 e. The highest BCUT2D eigenvalue weighted by Gasteiger charge is 2.13. The second-order valence-electron chi connectivity index (χ2n) is 2.50. The molecule has 1 N–H and O–H groups in total. The van der Waals surface area contributed by atoms with Crippen LogP contribution >= 0.6 is 22.0 Å². The summed E-state index contributed by atoms with van der Waals surface area (Å²) < 4.78 is 26.2. The molecule has 0 unspecified atom stereocenters. The number of hydrogen-bond donors (Lipinski definition) is 1. The van der Waals surface area contributed by atoms with Gasteiger partial charge in [-0.2, -0.15) is 0 Å². The first-order valence-electron chi connectivity index (χ1n) is 3.78. The van der Waals surface area contributed by atoms with E-state index in [1.807, 2.05) is 0 Å². The normalized spacial score (nSPS) is 11.1. The number of methoxy groups -OCH3 is 1. The zero-order valence-corrected chi connectivity index (χ0v) is 10.1. The number of carbonyl (C=O) groups is 1. The summed E-state index contributed by atoms with van der Waals surface area (Å²) >= 11 is 1.00. The van der Waals surface area contributed by atoms with Crippen molar-refractivity contribution >= 4 is 37.2 Å². The van der Waals surface area contributed by atoms with Crippen molar-refractivity contribution < 1.29 is 17.9 Å². The number of amides is 1. The van der Waals surface area contributed by atoms with Crippen LogP contribution in [0, 0.1) is 0 Å². The minimum absolute atomic E-state index is 0.0610. The smallest absolute Gasteiger partial charge is 0.407 e. The monoisotopic (exact) mass is 269 g/mol. The van der Waals surface area contributed by atoms with Gasteiger partial charge >= 0.3 is 6.09 Å². The summed E-state index contributed by atoms with van der Waals surface area (Å²) in [5.41, 5.74) is 0. The fourth-order valence-corrected chi connectivity index (χ4v) is 2.88. The predicted octanol–water partition coefficient (Wildman–Crippen LogP) is 1.53. The second kappa shape index (κ2) is 4.82. The van der Waals surface area contributed by atoms with Gasteiger partial charge in [0.2, 0.25) is 0 Å². The number of alkyl carbamates (subject to hydrolysis) is 1. The van der Waals surface area contributed by atoms with E-state index in [1.165, 1.54) is 13.2 Å². The summed E-state index contributed by atoms with van der Waals surface area (Å²) in [5, 5.41) is 2.42. The molecule has 0 bridgehead atoms. The third-order valence-corrected chi connectivity index (χ3v) is 4.65. The molecule has 0 aliphatic heterocycles. The molecule has 15 heavy (non-hydrogen) atoms. The Morgan fingerprint density at radius 1 is 1.60 bits per heavy atom. The van der Waals surface area contributed by atoms with E-state index in [-0.39, 0.29) is 10.8 Å². The summed E-state index contributed by atoms with van der Waals surface area (Å²) in [6.45, 7) is 0.212. The fraction of sp³-hybridized carbons (Fsp3) is 0.286. The Morgan fingerprint density at radius 3 is 2.73 bits per heavy atom. The van der Waals surface area contributed by atoms with E-state index >= 15 is 0 Å². The lowest BCUT2D eigenvalue weighted by molar-refractivity contribution is 0.170. The molecule has 0 atom stereocenters. The summed E-state index contributed by atoms with van der Waals surface area (Å²) in [6, 6.07) is 2.97. The SMILES string of the molecule is COC(=O)NCc1ccc(S(=O)(=O)Cl)s1. The lowest BCUT2D eigenvalue weighted by Gasteiger charge is -1.99. The van der Waals surface area contributed by atoms with Crippen molar-refractivity contribution in [1.82, 2.24) is 5.32 Å². The topological polar surface area (TPSA) is 72.5 Å². The molecule has 1 aromatic heterocycles. The van der Waals surface area contributed by atoms with Gasteiger partial charge in [0, 0.05) is 15.6 Å². The minimum atomic E-state index is -3.68. The predicted molar refractivity (Wildman–Crippen MR) is 56.6 cm³/mol. The Labute approximate surface area is 95.4 Å². The van der Waals surface area contributed by atoms with Crippen LogP contribution in [0.3, 0.4) is 0 Å². The van der Waals surface area contributed by atoms with Crippen molar-refractivity contribution in [2.24, 2.45) is 0 Å². The standard InChI is InChI=1S/C7H8ClNO4S2/c1-13-7(10)9-4-5-2-3-6(14-5)15(8,11)12/h2-3H,4H2,1H3,(H,9,10). The zero-order valence-electron chi connectivity index (χ0n) is 7.69. The van der Waals surface area contributed by atoms with Crippen molar-refractivity contribution in [1.29, 1.82) is 0 Å². The molecule has 0 aliphatic carbocycles. The second-order valence-corrected chi connectivity index (χ2v) is 6.46. The number of nitrogens with one attached hydrogen (secondary N) is 1. The van der Waals surface area contributed by atoms with Crippen molar-refractivity contribution in [3.8, 4) is 0 Å². The molecular formula is C7H8ClNO4S2. The molecule has 0 radical (unpaired) electrons. The number of rotatable bonds is 3. The van der Waals surface area contributed by atoms with Crippen LogP contribution in [0.2, 0.25) is 0 Å². The largest absolute Gasteiger partial charge is 0.453 e. The highest BCUT2D eigenvalue weighted by Crippen LogP contribution is 2.24. The molecule has 1 amide bonds. The van der Waals surface area contributed by atoms with Crippen LogP contribution < -0.4 is 5.32 Å². The number of thiophene rings is 1. The third-order valence-electron chi connectivity index (χ3n) is 1.47. The first-order valence-corrected chi connectivity index (χ1v) is 6.91. The van der Waals surface area contributed by atoms with Crippen LogP contribution in [0.25, 0.3) is 0 Å². The molecule has 0 spiro atoms. The summed E-state index contributed by atoms with van der Waals surface area (Å²) in [4.78, 5) is 11.4. The fourth-order valence-electron chi connectivity index (χ4n) is 0.816. The Morgan fingerprint density at radius 2 is 2.27 bits per heavy atom. The van der Waals surface area contributed by atoms with E-state index in [4.69, 9.17) is 10.7 Å². The molecule has 0 aliphatic rings. The molecule has 0 saturated carbocycles. The highest BCUT2D eigenvalue weighted by atomic mass is 35.7. The van der Waals surface area contributed by atoms with Crippen molar-refractivity contribution in [2.45, 2.75) is 10.8 Å². The molecular weight excluding hydrogens is 262 g/mol. The van der Waals surface area contributed by atoms with E-state index in [2.05, 4.69) is 10.1 Å². The van der Waals surface area contributed by atoms with Crippen molar-refractivity contribution in [3.63, 3.8) is 0 Å². The van der Waals surface area contributed by atoms with Gasteiger partial charge in [0.25, 0.3) is 9.05 Å². The van der Waals surface area contributed by atoms with Crippen LogP contribution in [0.1, 0.15) is 4.88 Å². The van der Waals surface area contributed by atoms with Crippen LogP contribution in [0.4, 0.5) is 4.79 Å². The van der Waals surface area contributed by atoms with Gasteiger partial charge in [0.15, 0.2) is 0 Å². The molecule has 0 saturated heterocycles. The highest BCUT2D eigenvalue weighted by molar-refractivity contribution is 8.15. The Hall–Kier alpha value is -0.790. The van der Waals surface area contributed by atoms with E-state index in [9.17, 15) is 13.2 Å². The number of halogens is 1. The maximum atomic E-state index is 10.9. The van der Waals surface area contributed by atoms with Gasteiger partial charge < -0.3 is 10.1 Å². The number of ether oxygens (including phenoxy) is 1. The molecule has 1 rings (SSSR count). The molecule has 84 valence electrons. The van der Waals surface area contributed by atoms with E-state index < -0.39 is 15.1 Å². The van der Waals surface area contributed by atoms with Gasteiger partial charge in [-0.1, -0.05) is 0 Å². The van der Waals surface area contributed by atoms with Crippen molar-refractivity contribution in [2.75, 3.05) is 7.11 Å². The lowest BCUT2D eigenvalue weighted by Crippen LogP contribution is -2.21. The number of hydrogen-bond acceptors (Lipinski definition) is 5. The first-order chi connectivity index (χ1) is 6.93. The van der Waals surface area contributed by atoms with Crippen molar-refractivity contribution in [3.05, 3.63) is 17.0 Å². The molecule has 8 heteroatoms. The molecule has 1 heterocycles. The van der Waals surface area contributed by atoms with Crippen LogP contribution in [-0.2, 0) is 20.3 Å². The van der Waals surface area contributed by atoms with Crippen LogP contribution in [0.15, 0.2) is 16.3 Å². The van der Waals surface area contributed by atoms with Crippen LogP contribution in [-0.4, -0.2) is 21.6 Å². The quantitative estimate of drug-likeness (QED) is 0.845. The molecule has 0 fully saturated rings. The van der Waals surface area contributed by atoms with Gasteiger partial charge in [-0.05, 0) is 12.1 Å². The Bertz CT molecular complexity index is 453. The molecule has 5 nitrogen and oxygen atoms in total. The zero-order chi connectivity index (χ0) is 11.5. The van der Waals surface area contributed by atoms with Crippen LogP contribution in [0.5, 0.6) is 0 Å². The lowest BCUT2D eigenvalue weighted by atomic mass is 10.5. The maximum absolute atomic E-state index is 10.9. The summed E-state index contributed by atoms with van der Waals surface area (Å²) in [5.74, 6) is 0. The van der Waals surface area contributed by atoms with Gasteiger partial charge in [-0.25, -0.2) is 13.2 Å².